The minimum Gasteiger partial charge on any atom is -0.475 e. The Balaban J connectivity index is 0.000000925. The number of alkyl halides is 3. The minimum atomic E-state index is -5.08. The lowest BCUT2D eigenvalue weighted by Crippen LogP contribution is -2.54. The zero-order valence-corrected chi connectivity index (χ0v) is 32.7. The van der Waals surface area contributed by atoms with Crippen molar-refractivity contribution in [2.75, 3.05) is 65.6 Å². The lowest BCUT2D eigenvalue weighted by Gasteiger charge is -2.34. The molecule has 0 spiro atoms. The number of benzene rings is 2. The number of ether oxygens (including phenoxy) is 4. The molecule has 2 aromatic carbocycles. The fourth-order valence-electron chi connectivity index (χ4n) is 6.48. The normalized spacial score (nSPS) is 20.9. The summed E-state index contributed by atoms with van der Waals surface area (Å²) >= 11 is 0. The molecule has 332 valence electrons. The van der Waals surface area contributed by atoms with Crippen LogP contribution in [0.3, 0.4) is 0 Å². The first-order valence-corrected chi connectivity index (χ1v) is 18.8. The fourth-order valence-corrected chi connectivity index (χ4v) is 6.48. The third-order valence-corrected chi connectivity index (χ3v) is 9.64. The van der Waals surface area contributed by atoms with Gasteiger partial charge in [-0.15, -0.1) is 0 Å². The van der Waals surface area contributed by atoms with E-state index >= 15 is 0 Å². The van der Waals surface area contributed by atoms with Crippen molar-refractivity contribution in [3.63, 3.8) is 0 Å². The molecular weight excluding hydrogens is 817 g/mol. The molecule has 2 aromatic rings. The summed E-state index contributed by atoms with van der Waals surface area (Å²) in [6, 6.07) is 13.8. The van der Waals surface area contributed by atoms with Crippen molar-refractivity contribution in [1.82, 2.24) is 30.2 Å². The molecule has 4 unspecified atom stereocenters. The van der Waals surface area contributed by atoms with Crippen LogP contribution in [0.5, 0.6) is 0 Å². The average molecular weight is 865 g/mol. The summed E-state index contributed by atoms with van der Waals surface area (Å²) in [6.45, 7) is 3.37. The van der Waals surface area contributed by atoms with Gasteiger partial charge >= 0.3 is 36.4 Å². The van der Waals surface area contributed by atoms with Crippen molar-refractivity contribution in [3.8, 4) is 0 Å². The van der Waals surface area contributed by atoms with E-state index in [1.165, 1.54) is 0 Å². The van der Waals surface area contributed by atoms with E-state index in [-0.39, 0.29) is 37.2 Å². The van der Waals surface area contributed by atoms with Gasteiger partial charge in [-0.1, -0.05) is 24.3 Å². The van der Waals surface area contributed by atoms with Crippen molar-refractivity contribution in [1.29, 1.82) is 0 Å². The van der Waals surface area contributed by atoms with Crippen molar-refractivity contribution in [2.24, 2.45) is 32.9 Å². The van der Waals surface area contributed by atoms with Gasteiger partial charge in [-0.2, -0.15) is 13.2 Å². The predicted molar refractivity (Wildman–Crippen MR) is 208 cm³/mol. The number of hydrogen-bond acceptors (Lipinski definition) is 11. The van der Waals surface area contributed by atoms with E-state index < -0.39 is 48.7 Å². The molecule has 22 nitrogen and oxygen atoms in total. The minimum absolute atomic E-state index is 0.0329. The van der Waals surface area contributed by atoms with E-state index in [9.17, 15) is 32.3 Å². The maximum Gasteiger partial charge on any atom is 0.490 e. The highest BCUT2D eigenvalue weighted by Gasteiger charge is 2.52. The Labute approximate surface area is 346 Å². The number of urea groups is 2. The van der Waals surface area contributed by atoms with E-state index in [1.54, 1.807) is 43.9 Å². The summed E-state index contributed by atoms with van der Waals surface area (Å²) in [5, 5.41) is 12.9. The lowest BCUT2D eigenvalue weighted by atomic mass is 10.1. The summed E-state index contributed by atoms with van der Waals surface area (Å²) in [6.07, 6.45) is -8.67. The first-order valence-electron chi connectivity index (χ1n) is 18.8. The number of nitrogens with one attached hydrogen (secondary N) is 2. The van der Waals surface area contributed by atoms with Crippen LogP contribution in [-0.4, -0.2) is 163 Å². The topological polar surface area (TPSA) is 308 Å². The Morgan fingerprint density at radius 2 is 0.934 bits per heavy atom. The number of carbonyl (C=O) groups is 5. The largest absolute Gasteiger partial charge is 0.490 e. The van der Waals surface area contributed by atoms with Crippen molar-refractivity contribution in [2.45, 2.75) is 43.7 Å². The number of piperazine rings is 2. The van der Waals surface area contributed by atoms with E-state index in [1.807, 2.05) is 24.3 Å². The maximum atomic E-state index is 13.0. The van der Waals surface area contributed by atoms with Crippen molar-refractivity contribution < 1.29 is 61.2 Å². The van der Waals surface area contributed by atoms with Gasteiger partial charge in [0.15, 0.2) is 24.1 Å². The molecule has 4 aliphatic rings. The van der Waals surface area contributed by atoms with Crippen LogP contribution in [0.15, 0.2) is 58.5 Å². The first kappa shape index (κ1) is 45.3. The summed E-state index contributed by atoms with van der Waals surface area (Å²) < 4.78 is 55.0. The van der Waals surface area contributed by atoms with Crippen LogP contribution in [0.2, 0.25) is 0 Å². The number of carboxylic acid groups (broad SMARTS) is 1. The van der Waals surface area contributed by atoms with Gasteiger partial charge in [-0.3, -0.25) is 0 Å². The second-order valence-corrected chi connectivity index (χ2v) is 13.9. The molecule has 6 rings (SSSR count). The number of fused-ring (bicyclic) bond motifs is 1. The highest BCUT2D eigenvalue weighted by atomic mass is 19.4. The molecule has 0 radical (unpaired) electrons. The van der Waals surface area contributed by atoms with Crippen LogP contribution in [0.1, 0.15) is 11.1 Å². The quantitative estimate of drug-likeness (QED) is 0.139. The summed E-state index contributed by atoms with van der Waals surface area (Å²) in [5.74, 6) is -2.82. The number of aliphatic carboxylic acids is 1. The molecule has 11 N–H and O–H groups in total. The van der Waals surface area contributed by atoms with E-state index in [0.29, 0.717) is 76.8 Å². The van der Waals surface area contributed by atoms with Crippen LogP contribution in [-0.2, 0) is 36.8 Å². The zero-order valence-electron chi connectivity index (χ0n) is 32.7. The molecule has 4 heterocycles. The number of carboxylic acids is 1. The van der Waals surface area contributed by atoms with Gasteiger partial charge in [-0.05, 0) is 35.4 Å². The Morgan fingerprint density at radius 3 is 1.23 bits per heavy atom. The van der Waals surface area contributed by atoms with Crippen molar-refractivity contribution in [3.05, 3.63) is 59.7 Å². The van der Waals surface area contributed by atoms with E-state index in [2.05, 4.69) is 20.6 Å². The number of hydrogen-bond donors (Lipinski definition) is 7. The van der Waals surface area contributed by atoms with E-state index in [4.69, 9.17) is 51.8 Å². The Morgan fingerprint density at radius 1 is 0.623 bits per heavy atom. The Hall–Kier alpha value is -6.76. The monoisotopic (exact) mass is 864 g/mol. The number of aliphatic imine (C=N–C) groups is 2. The average Bonchev–Trinajstić information content (AvgIpc) is 3.82. The number of amides is 6. The second-order valence-electron chi connectivity index (χ2n) is 13.9. The third-order valence-electron chi connectivity index (χ3n) is 9.64. The smallest absolute Gasteiger partial charge is 0.475 e. The van der Waals surface area contributed by atoms with Gasteiger partial charge in [0.25, 0.3) is 0 Å². The van der Waals surface area contributed by atoms with Crippen LogP contribution in [0, 0.1) is 0 Å². The number of rotatable bonds is 8. The SMILES string of the molecule is NC(N)=Nc1ccc(CNC(=O)N2CCN(C(=O)OC3COC4C(OC(=O)N5CCN(C(=O)NCc6ccc(N=C(N)N)cc6)CC5)COC34)CC2)cc1.O=C(O)C(F)(F)F. The zero-order chi connectivity index (χ0) is 44.3. The second kappa shape index (κ2) is 20.5. The molecule has 0 saturated carbocycles. The highest BCUT2D eigenvalue weighted by molar-refractivity contribution is 5.80. The molecule has 25 heteroatoms. The molecule has 4 atom stereocenters. The molecule has 6 amide bonds. The molecule has 4 fully saturated rings. The number of nitrogens with two attached hydrogens (primary N) is 4. The standard InChI is InChI=1S/C34H46N12O8.C2HF3O2/c35-29(36)41-23-5-1-21(2-6-23)17-39-31(47)43-9-13-45(14-10-43)33(49)53-25-19-51-28-26(20-52-27(25)28)54-34(50)46-15-11-44(12-16-46)32(48)40-18-22-3-7-24(8-4-22)42-30(37)38;3-2(4,5)1(6)7/h1-8,25-28H,9-20H2,(H,39,47)(H,40,48)(H4,35,36,41)(H4,37,38,42);(H,6,7). The lowest BCUT2D eigenvalue weighted by molar-refractivity contribution is -0.192. The van der Waals surface area contributed by atoms with Gasteiger partial charge in [0, 0.05) is 65.4 Å². The third kappa shape index (κ3) is 13.1. The van der Waals surface area contributed by atoms with Crippen molar-refractivity contribution >= 4 is 53.5 Å². The highest BCUT2D eigenvalue weighted by Crippen LogP contribution is 2.31. The molecule has 4 aliphatic heterocycles. The summed E-state index contributed by atoms with van der Waals surface area (Å²) in [4.78, 5) is 74.7. The number of nitrogens with zero attached hydrogens (tertiary/aromatic N) is 6. The summed E-state index contributed by atoms with van der Waals surface area (Å²) in [7, 11) is 0. The number of guanidine groups is 2. The fraction of sp³-hybridized carbons (Fsp3) is 0.472. The van der Waals surface area contributed by atoms with Gasteiger partial charge in [0.2, 0.25) is 0 Å². The van der Waals surface area contributed by atoms with Crippen LogP contribution in [0.25, 0.3) is 0 Å². The molecule has 4 saturated heterocycles. The van der Waals surface area contributed by atoms with Crippen LogP contribution >= 0.6 is 0 Å². The molecule has 0 aromatic heterocycles. The van der Waals surface area contributed by atoms with Crippen LogP contribution < -0.4 is 33.6 Å². The summed E-state index contributed by atoms with van der Waals surface area (Å²) in [5.41, 5.74) is 24.6. The van der Waals surface area contributed by atoms with Gasteiger partial charge in [0.05, 0.1) is 24.6 Å². The Kier molecular flexibility index (Phi) is 15.2. The Bertz CT molecular complexity index is 1790. The van der Waals surface area contributed by atoms with E-state index in [0.717, 1.165) is 11.1 Å². The van der Waals surface area contributed by atoms with Crippen LogP contribution in [0.4, 0.5) is 43.7 Å². The van der Waals surface area contributed by atoms with Gasteiger partial charge in [-0.25, -0.2) is 34.0 Å². The number of carbonyl (C=O) groups excluding carboxylic acids is 4. The maximum absolute atomic E-state index is 13.0. The molecule has 0 aliphatic carbocycles. The van der Waals surface area contributed by atoms with Gasteiger partial charge in [0.1, 0.15) is 12.2 Å². The van der Waals surface area contributed by atoms with Gasteiger partial charge < -0.3 is 77.2 Å². The molecule has 61 heavy (non-hydrogen) atoms. The number of halogens is 3. The molecular formula is C36H47F3N12O10. The predicted octanol–water partition coefficient (Wildman–Crippen LogP) is 0.292. The first-order chi connectivity index (χ1) is 29.0. The molecule has 0 bridgehead atoms.